The Bertz CT molecular complexity index is 311. The van der Waals surface area contributed by atoms with Gasteiger partial charge in [-0.2, -0.15) is 0 Å². The van der Waals surface area contributed by atoms with Crippen LogP contribution >= 0.6 is 0 Å². The number of ether oxygens (including phenoxy) is 2. The van der Waals surface area contributed by atoms with Crippen LogP contribution in [0.15, 0.2) is 0 Å². The number of piperidine rings is 1. The Morgan fingerprint density at radius 2 is 2.10 bits per heavy atom. The van der Waals surface area contributed by atoms with Gasteiger partial charge < -0.3 is 19.7 Å². The molecule has 0 aromatic carbocycles. The van der Waals surface area contributed by atoms with E-state index in [9.17, 15) is 4.79 Å². The fourth-order valence-electron chi connectivity index (χ4n) is 3.27. The predicted molar refractivity (Wildman–Crippen MR) is 82.0 cm³/mol. The lowest BCUT2D eigenvalue weighted by atomic mass is 9.90. The summed E-state index contributed by atoms with van der Waals surface area (Å²) in [6, 6.07) is 0.288. The van der Waals surface area contributed by atoms with Crippen LogP contribution in [0.3, 0.4) is 0 Å². The second-order valence-electron chi connectivity index (χ2n) is 6.34. The number of likely N-dealkylation sites (tertiary alicyclic amines) is 1. The number of rotatable bonds is 6. The van der Waals surface area contributed by atoms with E-state index in [0.717, 1.165) is 52.1 Å². The molecule has 1 amide bonds. The van der Waals surface area contributed by atoms with Crippen molar-refractivity contribution in [1.29, 1.82) is 0 Å². The molecule has 1 N–H and O–H groups in total. The molecule has 0 radical (unpaired) electrons. The van der Waals surface area contributed by atoms with Crippen molar-refractivity contribution >= 4 is 5.91 Å². The van der Waals surface area contributed by atoms with Gasteiger partial charge in [0.25, 0.3) is 0 Å². The zero-order valence-electron chi connectivity index (χ0n) is 13.5. The first-order chi connectivity index (χ1) is 10.1. The molecule has 122 valence electrons. The van der Waals surface area contributed by atoms with Crippen LogP contribution in [0.25, 0.3) is 0 Å². The van der Waals surface area contributed by atoms with E-state index in [1.165, 1.54) is 12.8 Å². The Balaban J connectivity index is 1.57. The molecular formula is C16H30N2O3. The van der Waals surface area contributed by atoms with Crippen molar-refractivity contribution in [3.8, 4) is 0 Å². The van der Waals surface area contributed by atoms with E-state index in [4.69, 9.17) is 9.47 Å². The third-order valence-electron chi connectivity index (χ3n) is 4.62. The van der Waals surface area contributed by atoms with Gasteiger partial charge in [0, 0.05) is 26.1 Å². The molecule has 2 atom stereocenters. The van der Waals surface area contributed by atoms with Crippen molar-refractivity contribution in [3.05, 3.63) is 0 Å². The van der Waals surface area contributed by atoms with Crippen LogP contribution in [0.4, 0.5) is 0 Å². The number of amides is 1. The number of nitrogens with zero attached hydrogens (tertiary/aromatic N) is 1. The highest BCUT2D eigenvalue weighted by Crippen LogP contribution is 2.20. The van der Waals surface area contributed by atoms with E-state index in [-0.39, 0.29) is 18.2 Å². The van der Waals surface area contributed by atoms with Gasteiger partial charge in [0.05, 0.1) is 6.61 Å². The summed E-state index contributed by atoms with van der Waals surface area (Å²) in [5, 5.41) is 3.01. The average Bonchev–Trinajstić information content (AvgIpc) is 2.48. The molecule has 0 saturated carbocycles. The number of hydrogen-bond acceptors (Lipinski definition) is 4. The molecule has 2 saturated heterocycles. The Labute approximate surface area is 128 Å². The van der Waals surface area contributed by atoms with Gasteiger partial charge in [-0.05, 0) is 58.0 Å². The topological polar surface area (TPSA) is 50.8 Å². The number of hydrogen-bond donors (Lipinski definition) is 1. The van der Waals surface area contributed by atoms with Crippen molar-refractivity contribution < 1.29 is 14.3 Å². The fraction of sp³-hybridized carbons (Fsp3) is 0.938. The molecule has 5 nitrogen and oxygen atoms in total. The summed E-state index contributed by atoms with van der Waals surface area (Å²) >= 11 is 0. The molecule has 0 aromatic rings. The number of carbonyl (C=O) groups excluding carboxylic acids is 1. The molecule has 2 aliphatic rings. The largest absolute Gasteiger partial charge is 0.354 e. The summed E-state index contributed by atoms with van der Waals surface area (Å²) in [5.74, 6) is 0.679. The molecule has 0 aliphatic carbocycles. The van der Waals surface area contributed by atoms with Crippen molar-refractivity contribution in [2.24, 2.45) is 5.92 Å². The molecule has 2 heterocycles. The summed E-state index contributed by atoms with van der Waals surface area (Å²) in [7, 11) is 0. The third-order valence-corrected chi connectivity index (χ3v) is 4.62. The normalized spacial score (nSPS) is 26.5. The van der Waals surface area contributed by atoms with E-state index in [2.05, 4.69) is 17.1 Å². The quantitative estimate of drug-likeness (QED) is 0.812. The summed E-state index contributed by atoms with van der Waals surface area (Å²) in [6.07, 6.45) is 5.76. The van der Waals surface area contributed by atoms with E-state index in [0.29, 0.717) is 5.92 Å². The zero-order valence-corrected chi connectivity index (χ0v) is 13.5. The molecule has 0 aromatic heterocycles. The molecule has 2 fully saturated rings. The zero-order chi connectivity index (χ0) is 15.1. The van der Waals surface area contributed by atoms with Gasteiger partial charge in [0.1, 0.15) is 0 Å². The summed E-state index contributed by atoms with van der Waals surface area (Å²) in [6.45, 7) is 8.50. The maximum Gasteiger partial charge on any atom is 0.217 e. The molecule has 2 aliphatic heterocycles. The second-order valence-corrected chi connectivity index (χ2v) is 6.34. The van der Waals surface area contributed by atoms with Gasteiger partial charge in [-0.1, -0.05) is 0 Å². The highest BCUT2D eigenvalue weighted by atomic mass is 16.7. The van der Waals surface area contributed by atoms with Crippen molar-refractivity contribution in [2.45, 2.75) is 58.3 Å². The highest BCUT2D eigenvalue weighted by Gasteiger charge is 2.24. The van der Waals surface area contributed by atoms with Crippen LogP contribution < -0.4 is 5.32 Å². The summed E-state index contributed by atoms with van der Waals surface area (Å²) < 4.78 is 11.4. The van der Waals surface area contributed by atoms with E-state index < -0.39 is 0 Å². The van der Waals surface area contributed by atoms with Gasteiger partial charge in [-0.15, -0.1) is 0 Å². The first-order valence-electron chi connectivity index (χ1n) is 8.38. The van der Waals surface area contributed by atoms with E-state index in [1.807, 2.05) is 0 Å². The average molecular weight is 298 g/mol. The first kappa shape index (κ1) is 16.7. The van der Waals surface area contributed by atoms with E-state index in [1.54, 1.807) is 6.92 Å². The Morgan fingerprint density at radius 1 is 1.33 bits per heavy atom. The SMILES string of the molecule is CC(=O)NC(C)C1CCN(CCOC2CCCCO2)CC1. The minimum absolute atomic E-state index is 0.0241. The lowest BCUT2D eigenvalue weighted by molar-refractivity contribution is -0.164. The molecule has 21 heavy (non-hydrogen) atoms. The van der Waals surface area contributed by atoms with Gasteiger partial charge >= 0.3 is 0 Å². The predicted octanol–water partition coefficient (Wildman–Crippen LogP) is 1.77. The highest BCUT2D eigenvalue weighted by molar-refractivity contribution is 5.73. The maximum absolute atomic E-state index is 11.1. The van der Waals surface area contributed by atoms with Gasteiger partial charge in [0.15, 0.2) is 6.29 Å². The van der Waals surface area contributed by atoms with Crippen LogP contribution in [-0.2, 0) is 14.3 Å². The standard InChI is InChI=1S/C16H30N2O3/c1-13(17-14(2)19)15-6-8-18(9-7-15)10-12-21-16-5-3-4-11-20-16/h13,15-16H,3-12H2,1-2H3,(H,17,19). The minimum Gasteiger partial charge on any atom is -0.354 e. The Kier molecular flexibility index (Phi) is 6.93. The molecular weight excluding hydrogens is 268 g/mol. The van der Waals surface area contributed by atoms with Gasteiger partial charge in [-0.25, -0.2) is 0 Å². The summed E-state index contributed by atoms with van der Waals surface area (Å²) in [4.78, 5) is 13.6. The van der Waals surface area contributed by atoms with E-state index >= 15 is 0 Å². The summed E-state index contributed by atoms with van der Waals surface area (Å²) in [5.41, 5.74) is 0. The number of nitrogens with one attached hydrogen (secondary N) is 1. The van der Waals surface area contributed by atoms with Crippen LogP contribution in [0.5, 0.6) is 0 Å². The molecule has 0 spiro atoms. The maximum atomic E-state index is 11.1. The van der Waals surface area contributed by atoms with Crippen molar-refractivity contribution in [1.82, 2.24) is 10.2 Å². The van der Waals surface area contributed by atoms with Crippen LogP contribution in [0.2, 0.25) is 0 Å². The molecule has 0 bridgehead atoms. The second kappa shape index (κ2) is 8.71. The molecule has 2 unspecified atom stereocenters. The third kappa shape index (κ3) is 5.93. The monoisotopic (exact) mass is 298 g/mol. The van der Waals surface area contributed by atoms with Crippen LogP contribution in [0.1, 0.15) is 46.0 Å². The minimum atomic E-state index is 0.0241. The molecule has 5 heteroatoms. The van der Waals surface area contributed by atoms with Gasteiger partial charge in [-0.3, -0.25) is 4.79 Å². The van der Waals surface area contributed by atoms with Crippen molar-refractivity contribution in [3.63, 3.8) is 0 Å². The number of carbonyl (C=O) groups is 1. The van der Waals surface area contributed by atoms with Crippen molar-refractivity contribution in [2.75, 3.05) is 32.8 Å². The van der Waals surface area contributed by atoms with Crippen LogP contribution in [0, 0.1) is 5.92 Å². The lowest BCUT2D eigenvalue weighted by Crippen LogP contribution is -2.44. The Hall–Kier alpha value is -0.650. The van der Waals surface area contributed by atoms with Crippen LogP contribution in [-0.4, -0.2) is 56.0 Å². The smallest absolute Gasteiger partial charge is 0.217 e. The lowest BCUT2D eigenvalue weighted by Gasteiger charge is -2.35. The first-order valence-corrected chi connectivity index (χ1v) is 8.38. The van der Waals surface area contributed by atoms with Gasteiger partial charge in [0.2, 0.25) is 5.91 Å². The molecule has 2 rings (SSSR count). The fourth-order valence-corrected chi connectivity index (χ4v) is 3.27. The Morgan fingerprint density at radius 3 is 2.71 bits per heavy atom.